The molecule has 164 valence electrons. The minimum Gasteiger partial charge on any atom is -0.495 e. The summed E-state index contributed by atoms with van der Waals surface area (Å²) in [5.74, 6) is 1.84. The van der Waals surface area contributed by atoms with Gasteiger partial charge in [0, 0.05) is 17.5 Å². The molecule has 0 saturated carbocycles. The zero-order chi connectivity index (χ0) is 22.7. The van der Waals surface area contributed by atoms with Crippen molar-refractivity contribution in [2.45, 2.75) is 18.6 Å². The number of hydrogen-bond donors (Lipinski definition) is 1. The van der Waals surface area contributed by atoms with Crippen LogP contribution in [0.2, 0.25) is 0 Å². The zero-order valence-corrected chi connectivity index (χ0v) is 19.2. The van der Waals surface area contributed by atoms with Gasteiger partial charge in [-0.1, -0.05) is 30.0 Å². The number of furan rings is 1. The maximum Gasteiger partial charge on any atom is 0.263 e. The number of thiophene rings is 1. The molecule has 4 rings (SSSR count). The molecule has 3 heterocycles. The molecule has 1 aromatic carbocycles. The Morgan fingerprint density at radius 2 is 2.16 bits per heavy atom. The van der Waals surface area contributed by atoms with Crippen molar-refractivity contribution < 1.29 is 13.9 Å². The number of thioether (sulfide) groups is 1. The van der Waals surface area contributed by atoms with Gasteiger partial charge in [-0.05, 0) is 31.2 Å². The lowest BCUT2D eigenvalue weighted by Crippen LogP contribution is -2.23. The molecule has 1 amide bonds. The van der Waals surface area contributed by atoms with Crippen LogP contribution in [0.1, 0.15) is 5.76 Å². The number of methoxy groups -OCH3 is 1. The number of aromatic nitrogens is 2. The maximum atomic E-state index is 13.3. The van der Waals surface area contributed by atoms with Crippen molar-refractivity contribution in [2.75, 3.05) is 18.2 Å². The van der Waals surface area contributed by atoms with E-state index < -0.39 is 0 Å². The van der Waals surface area contributed by atoms with E-state index in [9.17, 15) is 9.59 Å². The summed E-state index contributed by atoms with van der Waals surface area (Å²) in [6, 6.07) is 10.9. The van der Waals surface area contributed by atoms with Crippen LogP contribution in [0.25, 0.3) is 21.5 Å². The van der Waals surface area contributed by atoms with Crippen molar-refractivity contribution in [1.29, 1.82) is 0 Å². The van der Waals surface area contributed by atoms with Gasteiger partial charge in [-0.25, -0.2) is 4.98 Å². The summed E-state index contributed by atoms with van der Waals surface area (Å²) >= 11 is 2.57. The minimum atomic E-state index is -0.225. The molecular weight excluding hydrogens is 446 g/mol. The molecular formula is C23H21N3O4S2. The van der Waals surface area contributed by atoms with E-state index in [0.717, 1.165) is 11.3 Å². The number of nitrogens with one attached hydrogen (secondary N) is 1. The molecule has 0 unspecified atom stereocenters. The molecule has 0 spiro atoms. The number of nitrogens with zero attached hydrogens (tertiary/aromatic N) is 2. The van der Waals surface area contributed by atoms with Gasteiger partial charge >= 0.3 is 0 Å². The molecule has 3 aromatic heterocycles. The summed E-state index contributed by atoms with van der Waals surface area (Å²) in [7, 11) is 1.55. The summed E-state index contributed by atoms with van der Waals surface area (Å²) in [4.78, 5) is 31.1. The van der Waals surface area contributed by atoms with E-state index in [2.05, 4.69) is 16.9 Å². The molecule has 0 saturated heterocycles. The highest BCUT2D eigenvalue weighted by Crippen LogP contribution is 2.33. The van der Waals surface area contributed by atoms with Crippen LogP contribution in [0.15, 0.2) is 68.8 Å². The number of allylic oxidation sites excluding steroid dienone is 1. The Morgan fingerprint density at radius 3 is 2.88 bits per heavy atom. The number of hydrogen-bond acceptors (Lipinski definition) is 7. The first-order valence-corrected chi connectivity index (χ1v) is 11.6. The zero-order valence-electron chi connectivity index (χ0n) is 17.6. The third-order valence-corrected chi connectivity index (χ3v) is 6.54. The topological polar surface area (TPSA) is 86.4 Å². The van der Waals surface area contributed by atoms with Crippen LogP contribution in [0.3, 0.4) is 0 Å². The Morgan fingerprint density at radius 1 is 1.34 bits per heavy atom. The summed E-state index contributed by atoms with van der Waals surface area (Å²) in [6.45, 7) is 5.89. The fraction of sp³-hybridized carbons (Fsp3) is 0.174. The van der Waals surface area contributed by atoms with Gasteiger partial charge < -0.3 is 14.5 Å². The predicted molar refractivity (Wildman–Crippen MR) is 129 cm³/mol. The van der Waals surface area contributed by atoms with E-state index in [0.29, 0.717) is 32.6 Å². The molecule has 0 radical (unpaired) electrons. The van der Waals surface area contributed by atoms with Gasteiger partial charge in [-0.3, -0.25) is 14.2 Å². The normalized spacial score (nSPS) is 10.9. The van der Waals surface area contributed by atoms with Crippen LogP contribution in [0, 0.1) is 6.92 Å². The highest BCUT2D eigenvalue weighted by atomic mass is 32.2. The molecule has 0 atom stereocenters. The monoisotopic (exact) mass is 467 g/mol. The molecule has 32 heavy (non-hydrogen) atoms. The highest BCUT2D eigenvalue weighted by molar-refractivity contribution is 7.99. The molecule has 0 aliphatic heterocycles. The van der Waals surface area contributed by atoms with Gasteiger partial charge in [-0.2, -0.15) is 0 Å². The summed E-state index contributed by atoms with van der Waals surface area (Å²) < 4.78 is 12.5. The Bertz CT molecular complexity index is 1350. The molecule has 0 bridgehead atoms. The van der Waals surface area contributed by atoms with Crippen LogP contribution in [0.4, 0.5) is 5.69 Å². The SMILES string of the molecule is C=CCn1c(SCC(=O)Nc2ccccc2OC)nc2scc(-c3ccc(C)o3)c2c1=O. The van der Waals surface area contributed by atoms with E-state index >= 15 is 0 Å². The number of rotatable bonds is 8. The van der Waals surface area contributed by atoms with Gasteiger partial charge in [-0.15, -0.1) is 17.9 Å². The first-order chi connectivity index (χ1) is 15.5. The first kappa shape index (κ1) is 21.9. The summed E-state index contributed by atoms with van der Waals surface area (Å²) in [5, 5.41) is 5.67. The van der Waals surface area contributed by atoms with Gasteiger partial charge in [0.2, 0.25) is 5.91 Å². The third kappa shape index (κ3) is 4.35. The molecule has 9 heteroatoms. The van der Waals surface area contributed by atoms with Crippen LogP contribution in [0.5, 0.6) is 5.75 Å². The van der Waals surface area contributed by atoms with E-state index in [1.165, 1.54) is 27.7 Å². The molecule has 0 aliphatic carbocycles. The quantitative estimate of drug-likeness (QED) is 0.224. The Labute approximate surface area is 192 Å². The average Bonchev–Trinajstić information content (AvgIpc) is 3.41. The lowest BCUT2D eigenvalue weighted by atomic mass is 10.2. The van der Waals surface area contributed by atoms with Crippen LogP contribution in [-0.2, 0) is 11.3 Å². The first-order valence-electron chi connectivity index (χ1n) is 9.77. The smallest absolute Gasteiger partial charge is 0.263 e. The number of fused-ring (bicyclic) bond motifs is 1. The van der Waals surface area contributed by atoms with Gasteiger partial charge in [0.1, 0.15) is 22.1 Å². The number of carbonyl (C=O) groups is 1. The van der Waals surface area contributed by atoms with Gasteiger partial charge in [0.15, 0.2) is 5.16 Å². The van der Waals surface area contributed by atoms with Crippen molar-refractivity contribution in [3.8, 4) is 17.1 Å². The van der Waals surface area contributed by atoms with Crippen molar-refractivity contribution in [3.05, 3.63) is 70.5 Å². The van der Waals surface area contributed by atoms with E-state index in [1.54, 1.807) is 25.3 Å². The van der Waals surface area contributed by atoms with E-state index in [4.69, 9.17) is 9.15 Å². The lowest BCUT2D eigenvalue weighted by molar-refractivity contribution is -0.113. The molecule has 4 aromatic rings. The van der Waals surface area contributed by atoms with E-state index in [-0.39, 0.29) is 23.8 Å². The number of amides is 1. The lowest BCUT2D eigenvalue weighted by Gasteiger charge is -2.12. The van der Waals surface area contributed by atoms with Gasteiger partial charge in [0.25, 0.3) is 5.56 Å². The van der Waals surface area contributed by atoms with Crippen LogP contribution in [-0.4, -0.2) is 28.3 Å². The minimum absolute atomic E-state index is 0.0861. The number of ether oxygens (including phenoxy) is 1. The predicted octanol–water partition coefficient (Wildman–Crippen LogP) is 4.95. The number of benzene rings is 1. The highest BCUT2D eigenvalue weighted by Gasteiger charge is 2.19. The van der Waals surface area contributed by atoms with Crippen molar-refractivity contribution in [1.82, 2.24) is 9.55 Å². The number of para-hydroxylation sites is 2. The third-order valence-electron chi connectivity index (χ3n) is 4.69. The second-order valence-electron chi connectivity index (χ2n) is 6.88. The molecule has 7 nitrogen and oxygen atoms in total. The summed E-state index contributed by atoms with van der Waals surface area (Å²) in [5.41, 5.74) is 1.12. The molecule has 1 N–H and O–H groups in total. The van der Waals surface area contributed by atoms with Crippen molar-refractivity contribution in [3.63, 3.8) is 0 Å². The van der Waals surface area contributed by atoms with Crippen LogP contribution < -0.4 is 15.6 Å². The second kappa shape index (κ2) is 9.46. The number of anilines is 1. The maximum absolute atomic E-state index is 13.3. The Kier molecular flexibility index (Phi) is 6.48. The molecule has 0 fully saturated rings. The van der Waals surface area contributed by atoms with Gasteiger partial charge in [0.05, 0.1) is 23.9 Å². The Balaban J connectivity index is 1.62. The Hall–Kier alpha value is -3.30. The number of carbonyl (C=O) groups excluding carboxylic acids is 1. The van der Waals surface area contributed by atoms with Crippen molar-refractivity contribution >= 4 is 44.9 Å². The fourth-order valence-corrected chi connectivity index (χ4v) is 5.01. The summed E-state index contributed by atoms with van der Waals surface area (Å²) in [6.07, 6.45) is 1.64. The second-order valence-corrected chi connectivity index (χ2v) is 8.68. The fourth-order valence-electron chi connectivity index (χ4n) is 3.23. The largest absolute Gasteiger partial charge is 0.495 e. The standard InChI is InChI=1S/C23H21N3O4S2/c1-4-11-26-22(28)20-15(17-10-9-14(2)30-17)12-31-21(20)25-23(26)32-13-19(27)24-16-7-5-6-8-18(16)29-3/h4-10,12H,1,11,13H2,2-3H3,(H,24,27). The average molecular weight is 468 g/mol. The van der Waals surface area contributed by atoms with Crippen LogP contribution >= 0.6 is 23.1 Å². The molecule has 0 aliphatic rings. The van der Waals surface area contributed by atoms with E-state index in [1.807, 2.05) is 36.6 Å². The number of aryl methyl sites for hydroxylation is 1. The van der Waals surface area contributed by atoms with Crippen molar-refractivity contribution in [2.24, 2.45) is 0 Å².